The fourth-order valence-electron chi connectivity index (χ4n) is 6.31. The largest absolute Gasteiger partial charge is 0.485 e. The summed E-state index contributed by atoms with van der Waals surface area (Å²) in [7, 11) is 1.93. The van der Waals surface area contributed by atoms with Crippen LogP contribution in [0, 0.1) is 23.0 Å². The Labute approximate surface area is 320 Å². The van der Waals surface area contributed by atoms with Gasteiger partial charge in [-0.3, -0.25) is 10.2 Å². The van der Waals surface area contributed by atoms with Gasteiger partial charge >= 0.3 is 5.97 Å². The number of aromatic nitrogens is 1. The number of carbonyl (C=O) groups is 1. The number of rotatable bonds is 13. The molecule has 0 aliphatic carbocycles. The van der Waals surface area contributed by atoms with Crippen molar-refractivity contribution in [2.24, 2.45) is 0 Å². The molecule has 0 radical (unpaired) electrons. The van der Waals surface area contributed by atoms with Gasteiger partial charge in [0, 0.05) is 24.7 Å². The number of pyridine rings is 1. The Morgan fingerprint density at radius 3 is 2.02 bits per heavy atom. The van der Waals surface area contributed by atoms with Gasteiger partial charge in [0.25, 0.3) is 11.8 Å². The number of likely N-dealkylation sites (N-methyl/N-ethyl adjacent to an activating group) is 1. The number of hydrogen-bond donors (Lipinski definition) is 2. The molecule has 0 spiro atoms. The lowest BCUT2D eigenvalue weighted by molar-refractivity contribution is -0.138. The van der Waals surface area contributed by atoms with Gasteiger partial charge in [-0.05, 0) is 41.9 Å². The molecular weight excluding hydrogens is 723 g/mol. The van der Waals surface area contributed by atoms with E-state index < -0.39 is 39.0 Å². The van der Waals surface area contributed by atoms with Gasteiger partial charge in [-0.15, -0.1) is 0 Å². The molecule has 7 rings (SSSR count). The van der Waals surface area contributed by atoms with Gasteiger partial charge in [-0.1, -0.05) is 121 Å². The minimum atomic E-state index is -2.04. The summed E-state index contributed by atoms with van der Waals surface area (Å²) in [5, 5.41) is 24.1. The molecule has 1 saturated heterocycles. The summed E-state index contributed by atoms with van der Waals surface area (Å²) >= 11 is 0.449. The maximum absolute atomic E-state index is 17.1. The van der Waals surface area contributed by atoms with E-state index in [4.69, 9.17) is 14.2 Å². The van der Waals surface area contributed by atoms with Crippen LogP contribution >= 0.6 is 11.8 Å². The summed E-state index contributed by atoms with van der Waals surface area (Å²) in [5.74, 6) is -4.96. The van der Waals surface area contributed by atoms with E-state index in [0.29, 0.717) is 23.9 Å². The van der Waals surface area contributed by atoms with E-state index in [9.17, 15) is 15.2 Å². The van der Waals surface area contributed by atoms with Gasteiger partial charge in [0.15, 0.2) is 16.2 Å². The maximum Gasteiger partial charge on any atom is 0.329 e. The van der Waals surface area contributed by atoms with E-state index in [1.165, 1.54) is 18.2 Å². The summed E-state index contributed by atoms with van der Waals surface area (Å²) in [4.78, 5) is 19.1. The molecule has 1 unspecified atom stereocenters. The Morgan fingerprint density at radius 2 is 1.44 bits per heavy atom. The smallest absolute Gasteiger partial charge is 0.329 e. The van der Waals surface area contributed by atoms with Crippen molar-refractivity contribution < 1.29 is 32.9 Å². The Hall–Kier alpha value is -6.26. The topological polar surface area (TPSA) is 117 Å². The third-order valence-corrected chi connectivity index (χ3v) is 10.6. The van der Waals surface area contributed by atoms with Crippen molar-refractivity contribution in [1.82, 2.24) is 15.2 Å². The zero-order valence-corrected chi connectivity index (χ0v) is 30.3. The highest BCUT2D eigenvalue weighted by molar-refractivity contribution is 8.01. The van der Waals surface area contributed by atoms with Gasteiger partial charge < -0.3 is 19.3 Å². The first kappa shape index (κ1) is 37.1. The van der Waals surface area contributed by atoms with Crippen LogP contribution in [0.25, 0.3) is 0 Å². The summed E-state index contributed by atoms with van der Waals surface area (Å²) < 4.78 is 50.4. The molecule has 9 nitrogen and oxygen atoms in total. The van der Waals surface area contributed by atoms with Crippen molar-refractivity contribution in [3.63, 3.8) is 0 Å². The fraction of sp³-hybridized carbons (Fsp3) is 0.140. The second kappa shape index (κ2) is 16.4. The molecule has 0 bridgehead atoms. The molecule has 12 heteroatoms. The number of aliphatic carboxylic acids is 1. The van der Waals surface area contributed by atoms with Crippen LogP contribution in [0.5, 0.6) is 29.0 Å². The minimum Gasteiger partial charge on any atom is -0.485 e. The van der Waals surface area contributed by atoms with Gasteiger partial charge in [0.05, 0.1) is 22.7 Å². The number of carboxylic acid groups (broad SMARTS) is 1. The van der Waals surface area contributed by atoms with E-state index in [1.807, 2.05) is 55.6 Å². The normalized spacial score (nSPS) is 14.3. The molecule has 1 aliphatic rings. The standard InChI is InChI=1S/C43H34F2N4O5S/c1-49-24-23-47-39(49)32-19-11-12-20-33(32)53-40-36(44)38(55-43(42(50)51,30-15-7-3-8-16-30)31-17-9-4-10-18-31)37(45)41(48-40)54-35-25-29(26-46)21-22-34(35)52-27-28-13-5-2-6-14-28/h2-22,25,39,47H,23-24,27H2,1H3,(H,50,51). The average molecular weight is 757 g/mol. The molecule has 1 atom stereocenters. The van der Waals surface area contributed by atoms with E-state index in [2.05, 4.69) is 15.2 Å². The Kier molecular flexibility index (Phi) is 11.1. The van der Waals surface area contributed by atoms with Crippen LogP contribution < -0.4 is 19.5 Å². The number of thioether (sulfide) groups is 1. The molecular formula is C43H34F2N4O5S. The predicted octanol–water partition coefficient (Wildman–Crippen LogP) is 9.05. The van der Waals surface area contributed by atoms with Crippen molar-refractivity contribution in [3.8, 4) is 35.1 Å². The number of hydrogen-bond acceptors (Lipinski definition) is 9. The van der Waals surface area contributed by atoms with Crippen LogP contribution in [-0.2, 0) is 16.1 Å². The van der Waals surface area contributed by atoms with Crippen LogP contribution in [0.2, 0.25) is 0 Å². The number of nitrogens with one attached hydrogen (secondary N) is 1. The summed E-state index contributed by atoms with van der Waals surface area (Å²) in [6.45, 7) is 1.59. The first-order valence-corrected chi connectivity index (χ1v) is 18.1. The van der Waals surface area contributed by atoms with E-state index in [0.717, 1.165) is 12.1 Å². The third kappa shape index (κ3) is 7.72. The molecule has 5 aromatic carbocycles. The summed E-state index contributed by atoms with van der Waals surface area (Å²) in [6.07, 6.45) is -0.266. The van der Waals surface area contributed by atoms with Crippen LogP contribution in [0.4, 0.5) is 8.78 Å². The molecule has 1 aromatic heterocycles. The number of benzene rings is 5. The first-order valence-electron chi connectivity index (χ1n) is 17.3. The van der Waals surface area contributed by atoms with Crippen molar-refractivity contribution in [2.75, 3.05) is 20.1 Å². The highest BCUT2D eigenvalue weighted by Gasteiger charge is 2.46. The SMILES string of the molecule is CN1CCNC1c1ccccc1Oc1nc(Oc2cc(C#N)ccc2OCc2ccccc2)c(F)c(SC(C(=O)O)(c2ccccc2)c2ccccc2)c1F. The fourth-order valence-corrected chi connectivity index (χ4v) is 7.56. The van der Waals surface area contributed by atoms with Crippen molar-refractivity contribution in [3.05, 3.63) is 173 Å². The van der Waals surface area contributed by atoms with E-state index >= 15 is 8.78 Å². The quantitative estimate of drug-likeness (QED) is 0.111. The lowest BCUT2D eigenvalue weighted by atomic mass is 9.90. The minimum absolute atomic E-state index is 0.0808. The Balaban J connectivity index is 1.39. The molecule has 2 N–H and O–H groups in total. The third-order valence-electron chi connectivity index (χ3n) is 9.07. The first-order chi connectivity index (χ1) is 26.8. The molecule has 2 heterocycles. The average Bonchev–Trinajstić information content (AvgIpc) is 3.65. The molecule has 1 aliphatic heterocycles. The second-order valence-electron chi connectivity index (χ2n) is 12.6. The number of ether oxygens (including phenoxy) is 3. The summed E-state index contributed by atoms with van der Waals surface area (Å²) in [5.41, 5.74) is 2.22. The molecule has 276 valence electrons. The number of carboxylic acids is 1. The summed E-state index contributed by atoms with van der Waals surface area (Å²) in [6, 6.07) is 39.1. The lowest BCUT2D eigenvalue weighted by Gasteiger charge is -2.30. The number of para-hydroxylation sites is 1. The Morgan fingerprint density at radius 1 is 0.855 bits per heavy atom. The highest BCUT2D eigenvalue weighted by Crippen LogP contribution is 2.51. The zero-order valence-electron chi connectivity index (χ0n) is 29.5. The van der Waals surface area contributed by atoms with Crippen molar-refractivity contribution >= 4 is 17.7 Å². The monoisotopic (exact) mass is 756 g/mol. The molecule has 0 saturated carbocycles. The van der Waals surface area contributed by atoms with Gasteiger partial charge in [-0.25, -0.2) is 4.79 Å². The van der Waals surface area contributed by atoms with E-state index in [-0.39, 0.29) is 46.7 Å². The molecule has 6 aromatic rings. The molecule has 1 fully saturated rings. The zero-order chi connectivity index (χ0) is 38.4. The van der Waals surface area contributed by atoms with Crippen molar-refractivity contribution in [2.45, 2.75) is 22.4 Å². The second-order valence-corrected chi connectivity index (χ2v) is 13.9. The maximum atomic E-state index is 17.1. The predicted molar refractivity (Wildman–Crippen MR) is 203 cm³/mol. The number of nitrogens with zero attached hydrogens (tertiary/aromatic N) is 3. The van der Waals surface area contributed by atoms with Crippen LogP contribution in [0.3, 0.4) is 0 Å². The number of halogens is 2. The van der Waals surface area contributed by atoms with Gasteiger partial charge in [0.2, 0.25) is 11.6 Å². The Bertz CT molecular complexity index is 2310. The van der Waals surface area contributed by atoms with E-state index in [1.54, 1.807) is 72.8 Å². The lowest BCUT2D eigenvalue weighted by Crippen LogP contribution is -2.34. The molecule has 0 amide bonds. The van der Waals surface area contributed by atoms with Crippen molar-refractivity contribution in [1.29, 1.82) is 5.26 Å². The number of nitriles is 1. The highest BCUT2D eigenvalue weighted by atomic mass is 32.2. The van der Waals surface area contributed by atoms with Gasteiger partial charge in [-0.2, -0.15) is 19.0 Å². The van der Waals surface area contributed by atoms with Crippen LogP contribution in [0.15, 0.2) is 138 Å². The van der Waals surface area contributed by atoms with Crippen LogP contribution in [0.1, 0.15) is 34.0 Å². The van der Waals surface area contributed by atoms with Gasteiger partial charge in [0.1, 0.15) is 12.4 Å². The van der Waals surface area contributed by atoms with Crippen LogP contribution in [-0.4, -0.2) is 41.1 Å². The molecule has 55 heavy (non-hydrogen) atoms.